The van der Waals surface area contributed by atoms with E-state index in [9.17, 15) is 14.4 Å². The Bertz CT molecular complexity index is 462. The van der Waals surface area contributed by atoms with Gasteiger partial charge in [0.25, 0.3) is 0 Å². The summed E-state index contributed by atoms with van der Waals surface area (Å²) < 4.78 is 15.0. The van der Waals surface area contributed by atoms with Crippen LogP contribution in [0.2, 0.25) is 0 Å². The summed E-state index contributed by atoms with van der Waals surface area (Å²) in [6.07, 6.45) is 0.365. The van der Waals surface area contributed by atoms with Gasteiger partial charge in [-0.3, -0.25) is 9.59 Å². The predicted molar refractivity (Wildman–Crippen MR) is 98.6 cm³/mol. The Morgan fingerprint density at radius 1 is 0.885 bits per heavy atom. The van der Waals surface area contributed by atoms with Crippen molar-refractivity contribution in [3.63, 3.8) is 0 Å². The van der Waals surface area contributed by atoms with Crippen molar-refractivity contribution in [2.45, 2.75) is 61.3 Å². The van der Waals surface area contributed by atoms with Gasteiger partial charge < -0.3 is 19.5 Å². The Morgan fingerprint density at radius 2 is 1.46 bits per heavy atom. The van der Waals surface area contributed by atoms with E-state index in [-0.39, 0.29) is 55.1 Å². The third-order valence-electron chi connectivity index (χ3n) is 3.63. The van der Waals surface area contributed by atoms with E-state index in [0.717, 1.165) is 0 Å². The van der Waals surface area contributed by atoms with Crippen LogP contribution >= 0.6 is 0 Å². The van der Waals surface area contributed by atoms with Crippen molar-refractivity contribution in [3.8, 4) is 0 Å². The molecular weight excluding hydrogens is 338 g/mol. The third-order valence-corrected chi connectivity index (χ3v) is 3.63. The fraction of sp³-hybridized carbons (Fsp3) is 0.842. The topological polar surface area (TPSA) is 90.9 Å². The zero-order chi connectivity index (χ0) is 20.4. The van der Waals surface area contributed by atoms with Crippen LogP contribution in [0.4, 0.5) is 4.79 Å². The van der Waals surface area contributed by atoms with Crippen molar-refractivity contribution in [1.82, 2.24) is 5.32 Å². The minimum atomic E-state index is -0.643. The highest BCUT2D eigenvalue weighted by molar-refractivity contribution is 5.73. The molecule has 0 aliphatic rings. The van der Waals surface area contributed by atoms with E-state index >= 15 is 0 Å². The molecule has 7 heteroatoms. The Kier molecular flexibility index (Phi) is 10.3. The van der Waals surface area contributed by atoms with Crippen molar-refractivity contribution in [2.75, 3.05) is 26.4 Å². The number of carbonyl (C=O) groups is 3. The number of carbonyl (C=O) groups excluding carboxylic acids is 3. The highest BCUT2D eigenvalue weighted by Crippen LogP contribution is 2.36. The summed E-state index contributed by atoms with van der Waals surface area (Å²) in [7, 11) is 0. The van der Waals surface area contributed by atoms with Gasteiger partial charge in [0.1, 0.15) is 19.8 Å². The van der Waals surface area contributed by atoms with E-state index in [0.29, 0.717) is 12.8 Å². The maximum atomic E-state index is 12.4. The van der Waals surface area contributed by atoms with Crippen molar-refractivity contribution in [1.29, 1.82) is 0 Å². The number of hydrogen-bond acceptors (Lipinski definition) is 6. The average molecular weight is 373 g/mol. The SMILES string of the molecule is CCC(=O)OCCNC(=O)OCCOC(=O)C(CC(C)(C)C)C(C)(C)C. The van der Waals surface area contributed by atoms with Crippen LogP contribution in [-0.2, 0) is 23.8 Å². The summed E-state index contributed by atoms with van der Waals surface area (Å²) >= 11 is 0. The first-order chi connectivity index (χ1) is 11.9. The first-order valence-corrected chi connectivity index (χ1v) is 9.09. The van der Waals surface area contributed by atoms with Crippen molar-refractivity contribution in [3.05, 3.63) is 0 Å². The quantitative estimate of drug-likeness (QED) is 0.379. The number of ether oxygens (including phenoxy) is 3. The summed E-state index contributed by atoms with van der Waals surface area (Å²) in [6, 6.07) is 0. The second-order valence-electron chi connectivity index (χ2n) is 8.49. The lowest BCUT2D eigenvalue weighted by Gasteiger charge is -2.33. The van der Waals surface area contributed by atoms with Crippen LogP contribution in [0.3, 0.4) is 0 Å². The normalized spacial score (nSPS) is 12.9. The van der Waals surface area contributed by atoms with Gasteiger partial charge >= 0.3 is 18.0 Å². The van der Waals surface area contributed by atoms with E-state index in [1.165, 1.54) is 0 Å². The Hall–Kier alpha value is -1.79. The van der Waals surface area contributed by atoms with E-state index < -0.39 is 6.09 Å². The number of rotatable bonds is 9. The van der Waals surface area contributed by atoms with Crippen LogP contribution in [0.25, 0.3) is 0 Å². The molecule has 1 unspecified atom stereocenters. The molecule has 0 saturated carbocycles. The van der Waals surface area contributed by atoms with Gasteiger partial charge in [-0.15, -0.1) is 0 Å². The summed E-state index contributed by atoms with van der Waals surface area (Å²) in [5.41, 5.74) is -0.201. The molecule has 0 aromatic carbocycles. The van der Waals surface area contributed by atoms with E-state index in [1.807, 2.05) is 20.8 Å². The molecule has 0 fully saturated rings. The fourth-order valence-electron chi connectivity index (χ4n) is 2.20. The molecule has 7 nitrogen and oxygen atoms in total. The largest absolute Gasteiger partial charge is 0.464 e. The predicted octanol–water partition coefficient (Wildman–Crippen LogP) is 3.31. The number of hydrogen-bond donors (Lipinski definition) is 1. The van der Waals surface area contributed by atoms with Crippen LogP contribution in [0.1, 0.15) is 61.3 Å². The molecule has 0 spiro atoms. The molecule has 1 atom stereocenters. The van der Waals surface area contributed by atoms with Crippen LogP contribution in [-0.4, -0.2) is 44.4 Å². The molecule has 1 amide bonds. The van der Waals surface area contributed by atoms with E-state index in [4.69, 9.17) is 14.2 Å². The highest BCUT2D eigenvalue weighted by Gasteiger charge is 2.35. The van der Waals surface area contributed by atoms with Gasteiger partial charge in [0, 0.05) is 6.42 Å². The summed E-state index contributed by atoms with van der Waals surface area (Å²) in [5, 5.41) is 2.45. The maximum absolute atomic E-state index is 12.4. The summed E-state index contributed by atoms with van der Waals surface area (Å²) in [4.78, 5) is 34.8. The summed E-state index contributed by atoms with van der Waals surface area (Å²) in [6.45, 7) is 14.2. The zero-order valence-corrected chi connectivity index (χ0v) is 17.3. The highest BCUT2D eigenvalue weighted by atomic mass is 16.6. The molecular formula is C19H35NO6. The number of amides is 1. The van der Waals surface area contributed by atoms with Gasteiger partial charge in [-0.25, -0.2) is 4.79 Å². The molecule has 0 bridgehead atoms. The smallest absolute Gasteiger partial charge is 0.407 e. The van der Waals surface area contributed by atoms with Gasteiger partial charge in [-0.05, 0) is 17.3 Å². The second-order valence-corrected chi connectivity index (χ2v) is 8.49. The first kappa shape index (κ1) is 24.2. The van der Waals surface area contributed by atoms with Gasteiger partial charge in [0.2, 0.25) is 0 Å². The van der Waals surface area contributed by atoms with Crippen LogP contribution < -0.4 is 5.32 Å². The van der Waals surface area contributed by atoms with Crippen molar-refractivity contribution < 1.29 is 28.6 Å². The molecule has 0 radical (unpaired) electrons. The molecule has 0 saturated heterocycles. The molecule has 0 aliphatic carbocycles. The van der Waals surface area contributed by atoms with Gasteiger partial charge in [-0.2, -0.15) is 0 Å². The molecule has 0 rings (SSSR count). The molecule has 0 aromatic rings. The second kappa shape index (κ2) is 11.0. The number of esters is 2. The lowest BCUT2D eigenvalue weighted by Crippen LogP contribution is -2.34. The van der Waals surface area contributed by atoms with Gasteiger partial charge in [-0.1, -0.05) is 48.5 Å². The molecule has 1 N–H and O–H groups in total. The molecule has 0 aliphatic heterocycles. The van der Waals surface area contributed by atoms with E-state index in [1.54, 1.807) is 6.92 Å². The molecule has 26 heavy (non-hydrogen) atoms. The van der Waals surface area contributed by atoms with Crippen LogP contribution in [0.5, 0.6) is 0 Å². The zero-order valence-electron chi connectivity index (χ0n) is 17.3. The monoisotopic (exact) mass is 373 g/mol. The minimum absolute atomic E-state index is 0.00773. The lowest BCUT2D eigenvalue weighted by molar-refractivity contribution is -0.155. The van der Waals surface area contributed by atoms with Gasteiger partial charge in [0.05, 0.1) is 12.5 Å². The molecule has 0 aromatic heterocycles. The first-order valence-electron chi connectivity index (χ1n) is 9.09. The Balaban J connectivity index is 4.11. The van der Waals surface area contributed by atoms with Crippen molar-refractivity contribution in [2.24, 2.45) is 16.7 Å². The Morgan fingerprint density at radius 3 is 1.96 bits per heavy atom. The van der Waals surface area contributed by atoms with Gasteiger partial charge in [0.15, 0.2) is 0 Å². The van der Waals surface area contributed by atoms with Crippen LogP contribution in [0, 0.1) is 16.7 Å². The van der Waals surface area contributed by atoms with Crippen LogP contribution in [0.15, 0.2) is 0 Å². The number of alkyl carbamates (subject to hydrolysis) is 1. The Labute approximate surface area is 157 Å². The van der Waals surface area contributed by atoms with E-state index in [2.05, 4.69) is 26.1 Å². The maximum Gasteiger partial charge on any atom is 0.407 e. The van der Waals surface area contributed by atoms with Crippen molar-refractivity contribution >= 4 is 18.0 Å². The minimum Gasteiger partial charge on any atom is -0.464 e. The summed E-state index contributed by atoms with van der Waals surface area (Å²) in [5.74, 6) is -0.830. The third kappa shape index (κ3) is 11.7. The number of nitrogens with one attached hydrogen (secondary N) is 1. The molecule has 0 heterocycles. The molecule has 152 valence electrons. The average Bonchev–Trinajstić information content (AvgIpc) is 2.51. The standard InChI is InChI=1S/C19H35NO6/c1-8-15(21)24-10-9-20-17(23)26-12-11-25-16(22)14(19(5,6)7)13-18(2,3)4/h14H,8-13H2,1-7H3,(H,20,23). The lowest BCUT2D eigenvalue weighted by atomic mass is 9.72. The fourth-order valence-corrected chi connectivity index (χ4v) is 2.20.